The van der Waals surface area contributed by atoms with Crippen LogP contribution in [0.2, 0.25) is 0 Å². The first-order chi connectivity index (χ1) is 9.85. The average Bonchev–Trinajstić information content (AvgIpc) is 2.42. The number of hydrogen-bond acceptors (Lipinski definition) is 2. The lowest BCUT2D eigenvalue weighted by Gasteiger charge is -2.10. The van der Waals surface area contributed by atoms with Gasteiger partial charge in [0.25, 0.3) is 0 Å². The number of hydrogen-bond donors (Lipinski definition) is 2. The molecule has 0 spiro atoms. The summed E-state index contributed by atoms with van der Waals surface area (Å²) in [5, 5.41) is 0. The first kappa shape index (κ1) is 20.0. The summed E-state index contributed by atoms with van der Waals surface area (Å²) in [6.07, 6.45) is 7.49. The maximum Gasteiger partial charge on any atom is 0.152 e. The Morgan fingerprint density at radius 3 is 2.29 bits per heavy atom. The summed E-state index contributed by atoms with van der Waals surface area (Å²) in [6.45, 7) is 7.18. The molecule has 0 saturated heterocycles. The molecule has 0 aromatic heterocycles. The molecule has 0 bridgehead atoms. The molecule has 0 radical (unpaired) electrons. The fourth-order valence-electron chi connectivity index (χ4n) is 1.54. The van der Waals surface area contributed by atoms with Crippen LogP contribution < -0.4 is 5.73 Å². The van der Waals surface area contributed by atoms with Gasteiger partial charge in [0, 0.05) is 0 Å². The standard InChI is InChI=1S/C14H20.C3H9NO2S/c1-14(2,3)12-8-7-11-13-9-5-4-6-10-13;4-2-1-3-7(5)6/h4-6,8-10,12H,7,11H2,1-3H3;1-4H2,(H,5,6)/b12-8+;. The van der Waals surface area contributed by atoms with E-state index < -0.39 is 11.1 Å². The zero-order valence-electron chi connectivity index (χ0n) is 13.4. The van der Waals surface area contributed by atoms with Crippen LogP contribution in [0.1, 0.15) is 39.2 Å². The van der Waals surface area contributed by atoms with E-state index in [1.165, 1.54) is 5.56 Å². The van der Waals surface area contributed by atoms with E-state index in [4.69, 9.17) is 10.3 Å². The Morgan fingerprint density at radius 1 is 1.24 bits per heavy atom. The third-order valence-corrected chi connectivity index (χ3v) is 3.22. The Kier molecular flexibility index (Phi) is 11.1. The Balaban J connectivity index is 0.000000486. The normalized spacial score (nSPS) is 12.8. The molecule has 1 aromatic carbocycles. The average molecular weight is 311 g/mol. The predicted octanol–water partition coefficient (Wildman–Crippen LogP) is 3.78. The van der Waals surface area contributed by atoms with Gasteiger partial charge in [-0.15, -0.1) is 0 Å². The molecular formula is C17H29NO2S. The fraction of sp³-hybridized carbons (Fsp3) is 0.529. The van der Waals surface area contributed by atoms with Crippen LogP contribution in [0.4, 0.5) is 0 Å². The Hall–Kier alpha value is -0.970. The quantitative estimate of drug-likeness (QED) is 0.621. The molecule has 0 aliphatic carbocycles. The van der Waals surface area contributed by atoms with E-state index in [-0.39, 0.29) is 0 Å². The molecule has 0 aliphatic rings. The smallest absolute Gasteiger partial charge is 0.152 e. The van der Waals surface area contributed by atoms with Gasteiger partial charge in [0.2, 0.25) is 0 Å². The summed E-state index contributed by atoms with van der Waals surface area (Å²) in [5.74, 6) is 0.302. The van der Waals surface area contributed by atoms with E-state index in [2.05, 4.69) is 63.3 Å². The molecule has 0 heterocycles. The topological polar surface area (TPSA) is 63.3 Å². The highest BCUT2D eigenvalue weighted by Crippen LogP contribution is 2.15. The van der Waals surface area contributed by atoms with Crippen molar-refractivity contribution in [3.8, 4) is 0 Å². The Labute approximate surface area is 131 Å². The Bertz CT molecular complexity index is 411. The summed E-state index contributed by atoms with van der Waals surface area (Å²) in [5.41, 5.74) is 6.77. The molecule has 0 amide bonds. The van der Waals surface area contributed by atoms with Gasteiger partial charge in [-0.2, -0.15) is 0 Å². The molecule has 120 valence electrons. The SMILES string of the molecule is CC(C)(C)/C=C/CCc1ccccc1.NCCCS(=O)O. The summed E-state index contributed by atoms with van der Waals surface area (Å²) in [7, 11) is 0. The first-order valence-corrected chi connectivity index (χ1v) is 8.62. The summed E-state index contributed by atoms with van der Waals surface area (Å²) >= 11 is -1.65. The minimum absolute atomic E-state index is 0.302. The number of nitrogens with two attached hydrogens (primary N) is 1. The van der Waals surface area contributed by atoms with E-state index in [1.807, 2.05) is 0 Å². The highest BCUT2D eigenvalue weighted by atomic mass is 32.2. The number of benzene rings is 1. The summed E-state index contributed by atoms with van der Waals surface area (Å²) in [4.78, 5) is 0. The molecule has 1 aromatic rings. The zero-order chi connectivity index (χ0) is 16.1. The molecule has 21 heavy (non-hydrogen) atoms. The Morgan fingerprint density at radius 2 is 1.86 bits per heavy atom. The van der Waals surface area contributed by atoms with Gasteiger partial charge in [0.05, 0.1) is 5.75 Å². The number of allylic oxidation sites excluding steroid dienone is 2. The summed E-state index contributed by atoms with van der Waals surface area (Å²) in [6, 6.07) is 10.6. The van der Waals surface area contributed by atoms with E-state index >= 15 is 0 Å². The molecule has 0 aliphatic heterocycles. The second kappa shape index (κ2) is 11.7. The van der Waals surface area contributed by atoms with E-state index in [0.29, 0.717) is 24.1 Å². The van der Waals surface area contributed by atoms with Crippen LogP contribution in [0.3, 0.4) is 0 Å². The third-order valence-electron chi connectivity index (χ3n) is 2.58. The maximum absolute atomic E-state index is 9.81. The molecule has 4 heteroatoms. The third kappa shape index (κ3) is 15.2. The first-order valence-electron chi connectivity index (χ1n) is 7.34. The summed E-state index contributed by atoms with van der Waals surface area (Å²) < 4.78 is 17.9. The number of rotatable bonds is 6. The minimum atomic E-state index is -1.65. The van der Waals surface area contributed by atoms with E-state index in [9.17, 15) is 4.21 Å². The van der Waals surface area contributed by atoms with Crippen molar-refractivity contribution in [2.45, 2.75) is 40.0 Å². The second-order valence-corrected chi connectivity index (χ2v) is 7.01. The molecule has 1 atom stereocenters. The van der Waals surface area contributed by atoms with Gasteiger partial charge in [-0.25, -0.2) is 4.21 Å². The molecule has 1 rings (SSSR count). The maximum atomic E-state index is 9.81. The van der Waals surface area contributed by atoms with Gasteiger partial charge < -0.3 is 10.3 Å². The largest absolute Gasteiger partial charge is 0.330 e. The lowest BCUT2D eigenvalue weighted by Crippen LogP contribution is -2.04. The van der Waals surface area contributed by atoms with Crippen LogP contribution in [0.15, 0.2) is 42.5 Å². The van der Waals surface area contributed by atoms with Gasteiger partial charge in [-0.05, 0) is 36.8 Å². The van der Waals surface area contributed by atoms with Crippen LogP contribution >= 0.6 is 0 Å². The van der Waals surface area contributed by atoms with Gasteiger partial charge in [0.1, 0.15) is 0 Å². The van der Waals surface area contributed by atoms with E-state index in [1.54, 1.807) is 0 Å². The van der Waals surface area contributed by atoms with Crippen LogP contribution in [0.25, 0.3) is 0 Å². The fourth-order valence-corrected chi connectivity index (χ4v) is 1.95. The van der Waals surface area contributed by atoms with Crippen LogP contribution in [-0.2, 0) is 17.5 Å². The monoisotopic (exact) mass is 311 g/mol. The highest BCUT2D eigenvalue weighted by molar-refractivity contribution is 7.79. The van der Waals surface area contributed by atoms with Crippen molar-refractivity contribution in [3.05, 3.63) is 48.0 Å². The van der Waals surface area contributed by atoms with Gasteiger partial charge in [0.15, 0.2) is 11.1 Å². The van der Waals surface area contributed by atoms with Crippen LogP contribution in [0, 0.1) is 5.41 Å². The van der Waals surface area contributed by atoms with Crippen LogP contribution in [0.5, 0.6) is 0 Å². The minimum Gasteiger partial charge on any atom is -0.330 e. The lowest BCUT2D eigenvalue weighted by molar-refractivity contribution is 0.542. The second-order valence-electron chi connectivity index (χ2n) is 5.96. The van der Waals surface area contributed by atoms with Crippen molar-refractivity contribution in [1.29, 1.82) is 0 Å². The molecular weight excluding hydrogens is 282 g/mol. The van der Waals surface area contributed by atoms with Crippen molar-refractivity contribution < 1.29 is 8.76 Å². The molecule has 3 N–H and O–H groups in total. The number of aryl methyl sites for hydroxylation is 1. The van der Waals surface area contributed by atoms with Gasteiger partial charge in [-0.1, -0.05) is 63.3 Å². The predicted molar refractivity (Wildman–Crippen MR) is 92.7 cm³/mol. The van der Waals surface area contributed by atoms with Crippen molar-refractivity contribution in [1.82, 2.24) is 0 Å². The zero-order valence-corrected chi connectivity index (χ0v) is 14.2. The van der Waals surface area contributed by atoms with Crippen molar-refractivity contribution >= 4 is 11.1 Å². The van der Waals surface area contributed by atoms with Gasteiger partial charge in [-0.3, -0.25) is 0 Å². The van der Waals surface area contributed by atoms with Crippen molar-refractivity contribution in [2.24, 2.45) is 11.1 Å². The van der Waals surface area contributed by atoms with Crippen LogP contribution in [-0.4, -0.2) is 21.1 Å². The van der Waals surface area contributed by atoms with Crippen molar-refractivity contribution in [2.75, 3.05) is 12.3 Å². The molecule has 0 fully saturated rings. The lowest BCUT2D eigenvalue weighted by atomic mass is 9.95. The van der Waals surface area contributed by atoms with Gasteiger partial charge >= 0.3 is 0 Å². The molecule has 1 unspecified atom stereocenters. The molecule has 3 nitrogen and oxygen atoms in total. The van der Waals surface area contributed by atoms with E-state index in [0.717, 1.165) is 12.8 Å². The van der Waals surface area contributed by atoms with Crippen molar-refractivity contribution in [3.63, 3.8) is 0 Å². The highest BCUT2D eigenvalue weighted by Gasteiger charge is 2.02. The molecule has 0 saturated carbocycles.